The Balaban J connectivity index is 1.41. The van der Waals surface area contributed by atoms with Crippen molar-refractivity contribution in [1.82, 2.24) is 36.5 Å². The van der Waals surface area contributed by atoms with E-state index >= 15 is 0 Å². The number of pyridine rings is 1. The van der Waals surface area contributed by atoms with Crippen LogP contribution in [-0.2, 0) is 4.79 Å². The topological polar surface area (TPSA) is 105 Å². The van der Waals surface area contributed by atoms with Crippen molar-refractivity contribution in [3.8, 4) is 0 Å². The van der Waals surface area contributed by atoms with Gasteiger partial charge in [-0.3, -0.25) is 35.9 Å². The Morgan fingerprint density at radius 2 is 2.07 bits per heavy atom. The van der Waals surface area contributed by atoms with Crippen molar-refractivity contribution in [2.75, 3.05) is 31.3 Å². The summed E-state index contributed by atoms with van der Waals surface area (Å²) in [5.74, 6) is -0.134. The molecule has 3 unspecified atom stereocenters. The van der Waals surface area contributed by atoms with E-state index in [1.54, 1.807) is 6.20 Å². The van der Waals surface area contributed by atoms with Crippen LogP contribution in [0.4, 0.5) is 5.69 Å². The summed E-state index contributed by atoms with van der Waals surface area (Å²) in [7, 11) is 1.90. The maximum Gasteiger partial charge on any atom is 0.235 e. The maximum absolute atomic E-state index is 11.4. The number of anilines is 1. The van der Waals surface area contributed by atoms with Gasteiger partial charge in [0.15, 0.2) is 0 Å². The largest absolute Gasteiger partial charge is 0.357 e. The summed E-state index contributed by atoms with van der Waals surface area (Å²) in [6.07, 6.45) is 3.39. The van der Waals surface area contributed by atoms with Crippen LogP contribution in [0.5, 0.6) is 0 Å². The van der Waals surface area contributed by atoms with Crippen LogP contribution in [0.2, 0.25) is 0 Å². The number of rotatable bonds is 6. The fourth-order valence-corrected chi connectivity index (χ4v) is 3.65. The summed E-state index contributed by atoms with van der Waals surface area (Å²) >= 11 is 5.56. The molecule has 0 aliphatic carbocycles. The highest BCUT2D eigenvalue weighted by Crippen LogP contribution is 2.23. The van der Waals surface area contributed by atoms with E-state index in [2.05, 4.69) is 47.9 Å². The molecule has 10 heteroatoms. The minimum atomic E-state index is -0.154. The normalized spacial score (nSPS) is 26.0. The van der Waals surface area contributed by atoms with Gasteiger partial charge in [-0.05, 0) is 19.2 Å². The monoisotopic (exact) mass is 404 g/mol. The molecule has 2 aromatic rings. The highest BCUT2D eigenvalue weighted by molar-refractivity contribution is 6.27. The summed E-state index contributed by atoms with van der Waals surface area (Å²) in [6.45, 7) is 1.52. The molecule has 0 bridgehead atoms. The van der Waals surface area contributed by atoms with Crippen LogP contribution >= 0.6 is 11.6 Å². The number of hydrogen-bond acceptors (Lipinski definition) is 8. The summed E-state index contributed by atoms with van der Waals surface area (Å²) < 4.78 is 0. The number of nitrogens with zero attached hydrogens (tertiary/aromatic N) is 2. The fourth-order valence-electron chi connectivity index (χ4n) is 3.57. The van der Waals surface area contributed by atoms with Gasteiger partial charge >= 0.3 is 0 Å². The van der Waals surface area contributed by atoms with E-state index in [4.69, 9.17) is 11.6 Å². The molecule has 6 N–H and O–H groups in total. The van der Waals surface area contributed by atoms with Gasteiger partial charge in [-0.25, -0.2) is 0 Å². The predicted octanol–water partition coefficient (Wildman–Crippen LogP) is -0.461. The molecule has 0 spiro atoms. The van der Waals surface area contributed by atoms with Crippen LogP contribution in [0.15, 0.2) is 36.7 Å². The number of hydrogen-bond donors (Lipinski definition) is 6. The molecule has 0 saturated carbocycles. The molecule has 2 aliphatic rings. The zero-order valence-electron chi connectivity index (χ0n) is 15.6. The molecule has 28 heavy (non-hydrogen) atoms. The molecule has 1 aromatic heterocycles. The molecule has 150 valence electrons. The van der Waals surface area contributed by atoms with Crippen molar-refractivity contribution in [3.63, 3.8) is 0 Å². The highest BCUT2D eigenvalue weighted by atomic mass is 35.5. The van der Waals surface area contributed by atoms with Crippen molar-refractivity contribution in [2.45, 2.75) is 24.9 Å². The third kappa shape index (κ3) is 4.19. The Morgan fingerprint density at radius 1 is 1.25 bits per heavy atom. The van der Waals surface area contributed by atoms with Crippen LogP contribution in [0.25, 0.3) is 10.8 Å². The lowest BCUT2D eigenvalue weighted by Crippen LogP contribution is -2.79. The number of alkyl halides is 1. The molecule has 2 fully saturated rings. The quantitative estimate of drug-likeness (QED) is 0.359. The molecule has 1 aromatic carbocycles. The van der Waals surface area contributed by atoms with Gasteiger partial charge in [0.2, 0.25) is 5.91 Å². The van der Waals surface area contributed by atoms with Crippen molar-refractivity contribution >= 4 is 34.0 Å². The minimum absolute atomic E-state index is 0.00523. The molecule has 1 amide bonds. The molecule has 2 aliphatic heterocycles. The number of benzene rings is 1. The number of carbonyl (C=O) groups is 1. The van der Waals surface area contributed by atoms with Crippen LogP contribution in [-0.4, -0.2) is 66.7 Å². The molecule has 9 nitrogen and oxygen atoms in total. The number of fused-ring (bicyclic) bond motifs is 1. The lowest BCUT2D eigenvalue weighted by Gasteiger charge is -2.49. The first-order valence-corrected chi connectivity index (χ1v) is 9.84. The summed E-state index contributed by atoms with van der Waals surface area (Å²) in [5.41, 5.74) is 1.02. The fraction of sp³-hybridized carbons (Fsp3) is 0.444. The van der Waals surface area contributed by atoms with Gasteiger partial charge in [0.05, 0.1) is 6.04 Å². The molecular weight excluding hydrogens is 380 g/mol. The SMILES string of the molecule is CNC1NC(Nc2cccc3cnccc23)NC(N2CC(NC(=O)CCl)C2)N1. The number of likely N-dealkylation sites (tertiary alicyclic amines) is 1. The van der Waals surface area contributed by atoms with Gasteiger partial charge in [-0.15, -0.1) is 11.6 Å². The second-order valence-electron chi connectivity index (χ2n) is 6.96. The lowest BCUT2D eigenvalue weighted by molar-refractivity contribution is -0.121. The van der Waals surface area contributed by atoms with E-state index in [0.29, 0.717) is 0 Å². The number of aromatic nitrogens is 1. The lowest BCUT2D eigenvalue weighted by atomic mass is 10.1. The first-order valence-electron chi connectivity index (χ1n) is 9.30. The first kappa shape index (κ1) is 19.3. The average Bonchev–Trinajstić information content (AvgIpc) is 2.70. The molecule has 3 heterocycles. The van der Waals surface area contributed by atoms with Crippen molar-refractivity contribution < 1.29 is 4.79 Å². The van der Waals surface area contributed by atoms with Gasteiger partial charge in [0, 0.05) is 41.9 Å². The summed E-state index contributed by atoms with van der Waals surface area (Å²) in [4.78, 5) is 17.8. The third-order valence-electron chi connectivity index (χ3n) is 5.01. The predicted molar refractivity (Wildman–Crippen MR) is 109 cm³/mol. The smallest absolute Gasteiger partial charge is 0.235 e. The van der Waals surface area contributed by atoms with Gasteiger partial charge in [0.25, 0.3) is 0 Å². The number of amides is 1. The van der Waals surface area contributed by atoms with E-state index < -0.39 is 0 Å². The van der Waals surface area contributed by atoms with Crippen molar-refractivity contribution in [2.24, 2.45) is 0 Å². The Labute approximate surface area is 168 Å². The number of halogens is 1. The second kappa shape index (κ2) is 8.56. The van der Waals surface area contributed by atoms with Gasteiger partial charge in [-0.1, -0.05) is 12.1 Å². The maximum atomic E-state index is 11.4. The average molecular weight is 405 g/mol. The molecule has 0 radical (unpaired) electrons. The van der Waals surface area contributed by atoms with Crippen LogP contribution in [0.1, 0.15) is 0 Å². The molecule has 4 rings (SSSR count). The Kier molecular flexibility index (Phi) is 5.90. The Bertz CT molecular complexity index is 825. The van der Waals surface area contributed by atoms with Crippen molar-refractivity contribution in [1.29, 1.82) is 0 Å². The van der Waals surface area contributed by atoms with Gasteiger partial charge in [-0.2, -0.15) is 0 Å². The highest BCUT2D eigenvalue weighted by Gasteiger charge is 2.37. The summed E-state index contributed by atoms with van der Waals surface area (Å²) in [6, 6.07) is 8.25. The van der Waals surface area contributed by atoms with Gasteiger partial charge < -0.3 is 10.6 Å². The van der Waals surface area contributed by atoms with Crippen LogP contribution in [0.3, 0.4) is 0 Å². The zero-order valence-corrected chi connectivity index (χ0v) is 16.3. The van der Waals surface area contributed by atoms with Crippen LogP contribution in [0, 0.1) is 0 Å². The molecule has 2 saturated heterocycles. The minimum Gasteiger partial charge on any atom is -0.357 e. The van der Waals surface area contributed by atoms with E-state index in [0.717, 1.165) is 29.5 Å². The zero-order chi connectivity index (χ0) is 19.5. The van der Waals surface area contributed by atoms with E-state index in [1.807, 2.05) is 31.4 Å². The summed E-state index contributed by atoms with van der Waals surface area (Å²) in [5, 5.41) is 22.3. The Hall–Kier alpha value is -2.01. The third-order valence-corrected chi connectivity index (χ3v) is 5.26. The second-order valence-corrected chi connectivity index (χ2v) is 7.22. The Morgan fingerprint density at radius 3 is 2.86 bits per heavy atom. The van der Waals surface area contributed by atoms with Crippen molar-refractivity contribution in [3.05, 3.63) is 36.7 Å². The first-order chi connectivity index (χ1) is 13.7. The van der Waals surface area contributed by atoms with Crippen LogP contribution < -0.4 is 31.9 Å². The molecular formula is C18H25ClN8O. The standard InChI is InChI=1S/C18H25ClN8O/c1-20-16-24-17(23-14-4-2-3-11-8-21-6-5-13(11)14)26-18(25-16)27-9-12(10-27)22-15(28)7-19/h2-6,8,12,16-18,20,23-26H,7,9-10H2,1H3,(H,22,28). The van der Waals surface area contributed by atoms with E-state index in [1.165, 1.54) is 0 Å². The van der Waals surface area contributed by atoms with Gasteiger partial charge in [0.1, 0.15) is 24.7 Å². The molecule has 3 atom stereocenters. The number of carbonyl (C=O) groups excluding carboxylic acids is 1. The van der Waals surface area contributed by atoms with E-state index in [9.17, 15) is 4.79 Å². The van der Waals surface area contributed by atoms with E-state index in [-0.39, 0.29) is 36.7 Å². The number of nitrogens with one attached hydrogen (secondary N) is 6.